The fourth-order valence-electron chi connectivity index (χ4n) is 10.1. The molecule has 3 heterocycles. The largest absolute Gasteiger partial charge is 0.309 e. The Labute approximate surface area is 350 Å². The van der Waals surface area contributed by atoms with E-state index < -0.39 is 0 Å². The Kier molecular flexibility index (Phi) is 7.20. The Bertz CT molecular complexity index is 3680. The highest BCUT2D eigenvalue weighted by Crippen LogP contribution is 2.48. The van der Waals surface area contributed by atoms with Crippen LogP contribution < -0.4 is 0 Å². The molecule has 0 atom stereocenters. The molecule has 3 aromatic heterocycles. The van der Waals surface area contributed by atoms with Crippen molar-refractivity contribution in [1.82, 2.24) is 8.97 Å². The summed E-state index contributed by atoms with van der Waals surface area (Å²) in [6, 6.07) is 64.4. The molecular formula is C58H46N2. The number of hydrogen-bond donors (Lipinski definition) is 0. The predicted octanol–water partition coefficient (Wildman–Crippen LogP) is 16.2. The highest BCUT2D eigenvalue weighted by atomic mass is 15.0. The van der Waals surface area contributed by atoms with Gasteiger partial charge in [-0.1, -0.05) is 151 Å². The van der Waals surface area contributed by atoms with E-state index in [-0.39, 0.29) is 10.8 Å². The monoisotopic (exact) mass is 770 g/mol. The molecule has 0 aliphatic heterocycles. The third-order valence-electron chi connectivity index (χ3n) is 13.3. The number of fused-ring (bicyclic) bond motifs is 12. The third kappa shape index (κ3) is 5.13. The first-order chi connectivity index (χ1) is 29.0. The molecule has 0 spiro atoms. The second-order valence-electron chi connectivity index (χ2n) is 19.1. The van der Waals surface area contributed by atoms with Gasteiger partial charge in [0.1, 0.15) is 0 Å². The summed E-state index contributed by atoms with van der Waals surface area (Å²) in [7, 11) is 0. The maximum atomic E-state index is 2.57. The van der Waals surface area contributed by atoms with Gasteiger partial charge in [-0.15, -0.1) is 0 Å². The van der Waals surface area contributed by atoms with Crippen LogP contribution >= 0.6 is 0 Å². The Balaban J connectivity index is 1.17. The third-order valence-corrected chi connectivity index (χ3v) is 13.3. The van der Waals surface area contributed by atoms with Gasteiger partial charge < -0.3 is 8.97 Å². The van der Waals surface area contributed by atoms with Crippen LogP contribution in [0.3, 0.4) is 0 Å². The molecule has 0 saturated heterocycles. The van der Waals surface area contributed by atoms with Crippen molar-refractivity contribution in [3.05, 3.63) is 181 Å². The van der Waals surface area contributed by atoms with Crippen molar-refractivity contribution >= 4 is 81.4 Å². The van der Waals surface area contributed by atoms with Gasteiger partial charge >= 0.3 is 0 Å². The van der Waals surface area contributed by atoms with E-state index in [9.17, 15) is 0 Å². The molecule has 0 radical (unpaired) electrons. The molecule has 12 rings (SSSR count). The summed E-state index contributed by atoms with van der Waals surface area (Å²) < 4.78 is 5.07. The fraction of sp³-hybridized carbons (Fsp3) is 0.138. The first-order valence-corrected chi connectivity index (χ1v) is 21.3. The summed E-state index contributed by atoms with van der Waals surface area (Å²) in [5.74, 6) is 0. The van der Waals surface area contributed by atoms with Crippen LogP contribution in [0.25, 0.3) is 109 Å². The molecule has 0 amide bonds. The second-order valence-corrected chi connectivity index (χ2v) is 19.1. The molecule has 0 bridgehead atoms. The van der Waals surface area contributed by atoms with Crippen molar-refractivity contribution < 1.29 is 0 Å². The van der Waals surface area contributed by atoms with Gasteiger partial charge in [-0.25, -0.2) is 0 Å². The van der Waals surface area contributed by atoms with E-state index in [1.165, 1.54) is 121 Å². The highest BCUT2D eigenvalue weighted by molar-refractivity contribution is 6.35. The number of para-hydroxylation sites is 2. The minimum absolute atomic E-state index is 0.117. The predicted molar refractivity (Wildman–Crippen MR) is 259 cm³/mol. The van der Waals surface area contributed by atoms with Crippen LogP contribution in [0.15, 0.2) is 170 Å². The molecule has 0 aliphatic carbocycles. The lowest BCUT2D eigenvalue weighted by atomic mass is 9.86. The molecule has 288 valence electrons. The zero-order valence-corrected chi connectivity index (χ0v) is 35.1. The number of nitrogens with zero attached hydrogens (tertiary/aromatic N) is 2. The van der Waals surface area contributed by atoms with Crippen molar-refractivity contribution in [2.45, 2.75) is 52.4 Å². The van der Waals surface area contributed by atoms with Gasteiger partial charge in [0.2, 0.25) is 0 Å². The highest BCUT2D eigenvalue weighted by Gasteiger charge is 2.25. The molecule has 0 fully saturated rings. The first kappa shape index (κ1) is 35.1. The van der Waals surface area contributed by atoms with Crippen LogP contribution in [-0.2, 0) is 10.8 Å². The van der Waals surface area contributed by atoms with Crippen LogP contribution in [0.2, 0.25) is 0 Å². The van der Waals surface area contributed by atoms with Crippen molar-refractivity contribution in [2.24, 2.45) is 0 Å². The molecule has 2 nitrogen and oxygen atoms in total. The maximum Gasteiger partial charge on any atom is 0.0642 e. The molecule has 9 aromatic carbocycles. The van der Waals surface area contributed by atoms with E-state index in [0.29, 0.717) is 0 Å². The summed E-state index contributed by atoms with van der Waals surface area (Å²) in [6.45, 7) is 13.7. The van der Waals surface area contributed by atoms with E-state index in [1.54, 1.807) is 0 Å². The molecule has 2 heteroatoms. The Morgan fingerprint density at radius 3 is 1.42 bits per heavy atom. The van der Waals surface area contributed by atoms with Gasteiger partial charge in [-0.05, 0) is 126 Å². The van der Waals surface area contributed by atoms with Crippen LogP contribution in [-0.4, -0.2) is 8.97 Å². The Morgan fingerprint density at radius 1 is 0.333 bits per heavy atom. The van der Waals surface area contributed by atoms with Crippen LogP contribution in [0, 0.1) is 0 Å². The lowest BCUT2D eigenvalue weighted by Gasteiger charge is -2.19. The zero-order valence-electron chi connectivity index (χ0n) is 35.1. The zero-order chi connectivity index (χ0) is 40.7. The maximum absolute atomic E-state index is 2.57. The average Bonchev–Trinajstić information content (AvgIpc) is 3.88. The van der Waals surface area contributed by atoms with Gasteiger partial charge in [0.25, 0.3) is 0 Å². The lowest BCUT2D eigenvalue weighted by molar-refractivity contribution is 0.590. The van der Waals surface area contributed by atoms with Gasteiger partial charge in [-0.2, -0.15) is 0 Å². The van der Waals surface area contributed by atoms with E-state index in [4.69, 9.17) is 0 Å². The minimum Gasteiger partial charge on any atom is -0.309 e. The van der Waals surface area contributed by atoms with Crippen molar-refractivity contribution in [3.63, 3.8) is 0 Å². The summed E-state index contributed by atoms with van der Waals surface area (Å²) in [5.41, 5.74) is 15.4. The average molecular weight is 771 g/mol. The fourth-order valence-corrected chi connectivity index (χ4v) is 10.1. The second kappa shape index (κ2) is 12.3. The van der Waals surface area contributed by atoms with Crippen LogP contribution in [0.4, 0.5) is 0 Å². The van der Waals surface area contributed by atoms with Gasteiger partial charge in [0.15, 0.2) is 0 Å². The standard InChI is InChI=1S/C58H46N2/c1-57(2,3)43-24-20-35(21-25-43)37-16-18-39-32-52-47(30-41(39)28-37)49-34-48-46-14-10-11-15-51(46)59(45-12-8-7-9-13-45)55(48)54-50-31-42-29-38(36-22-26-44(27-23-36)58(4,5)6)17-19-40(42)33-53(50)60(52)56(49)54/h7-34H,1-6H3. The van der Waals surface area contributed by atoms with Gasteiger partial charge in [0, 0.05) is 38.0 Å². The van der Waals surface area contributed by atoms with E-state index in [2.05, 4.69) is 220 Å². The number of hydrogen-bond acceptors (Lipinski definition) is 0. The summed E-state index contributed by atoms with van der Waals surface area (Å²) in [5, 5.41) is 12.7. The number of aromatic nitrogens is 2. The Morgan fingerprint density at radius 2 is 0.833 bits per heavy atom. The normalized spacial score (nSPS) is 12.8. The molecule has 0 unspecified atom stereocenters. The van der Waals surface area contributed by atoms with E-state index in [0.717, 1.165) is 0 Å². The number of benzene rings is 9. The van der Waals surface area contributed by atoms with Crippen LogP contribution in [0.5, 0.6) is 0 Å². The molecule has 0 saturated carbocycles. The van der Waals surface area contributed by atoms with Crippen molar-refractivity contribution in [3.8, 4) is 27.9 Å². The molecule has 60 heavy (non-hydrogen) atoms. The van der Waals surface area contributed by atoms with Gasteiger partial charge in [-0.3, -0.25) is 0 Å². The van der Waals surface area contributed by atoms with Crippen LogP contribution in [0.1, 0.15) is 52.7 Å². The van der Waals surface area contributed by atoms with Crippen molar-refractivity contribution in [1.29, 1.82) is 0 Å². The minimum atomic E-state index is 0.117. The summed E-state index contributed by atoms with van der Waals surface area (Å²) in [4.78, 5) is 0. The van der Waals surface area contributed by atoms with E-state index in [1.807, 2.05) is 0 Å². The topological polar surface area (TPSA) is 9.34 Å². The van der Waals surface area contributed by atoms with Crippen molar-refractivity contribution in [2.75, 3.05) is 0 Å². The lowest BCUT2D eigenvalue weighted by Crippen LogP contribution is -2.10. The molecule has 0 N–H and O–H groups in total. The molecule has 0 aliphatic rings. The van der Waals surface area contributed by atoms with E-state index >= 15 is 0 Å². The number of rotatable bonds is 3. The van der Waals surface area contributed by atoms with Gasteiger partial charge in [0.05, 0.1) is 27.6 Å². The Hall–Kier alpha value is -6.90. The molecule has 12 aromatic rings. The first-order valence-electron chi connectivity index (χ1n) is 21.3. The summed E-state index contributed by atoms with van der Waals surface area (Å²) in [6.07, 6.45) is 0. The smallest absolute Gasteiger partial charge is 0.0642 e. The SMILES string of the molecule is CC(C)(C)c1ccc(-c2ccc3cc4c(cc3c2)c2cc3c5ccccc5n(-c5ccccc5)c3c3c5cc6cc(-c7ccc(C(C)(C)C)cc7)ccc6cc5n4c23)cc1. The summed E-state index contributed by atoms with van der Waals surface area (Å²) >= 11 is 0. The molecular weight excluding hydrogens is 725 g/mol. The quantitative estimate of drug-likeness (QED) is 0.169.